The van der Waals surface area contributed by atoms with Gasteiger partial charge < -0.3 is 4.90 Å². The fourth-order valence-electron chi connectivity index (χ4n) is 1.63. The Kier molecular flexibility index (Phi) is 2.32. The van der Waals surface area contributed by atoms with Gasteiger partial charge in [-0.15, -0.1) is 0 Å². The topological polar surface area (TPSA) is 52.8 Å². The molecule has 0 saturated carbocycles. The Labute approximate surface area is 83.2 Å². The van der Waals surface area contributed by atoms with Crippen molar-refractivity contribution in [3.8, 4) is 6.07 Å². The number of nitrogens with zero attached hydrogens (tertiary/aromatic N) is 4. The lowest BCUT2D eigenvalue weighted by molar-refractivity contribution is 0.886. The number of rotatable bonds is 1. The van der Waals surface area contributed by atoms with Crippen molar-refractivity contribution < 1.29 is 0 Å². The van der Waals surface area contributed by atoms with Crippen LogP contribution in [-0.4, -0.2) is 23.1 Å². The first-order valence-electron chi connectivity index (χ1n) is 4.80. The van der Waals surface area contributed by atoms with E-state index >= 15 is 0 Å². The lowest BCUT2D eigenvalue weighted by Gasteiger charge is -2.14. The summed E-state index contributed by atoms with van der Waals surface area (Å²) in [6.45, 7) is 3.91. The monoisotopic (exact) mass is 188 g/mol. The molecule has 1 aliphatic heterocycles. The zero-order valence-electron chi connectivity index (χ0n) is 8.19. The third-order valence-electron chi connectivity index (χ3n) is 2.48. The Hall–Kier alpha value is -1.63. The van der Waals surface area contributed by atoms with Crippen LogP contribution in [0.1, 0.15) is 24.1 Å². The molecule has 0 aromatic carbocycles. The molecular formula is C10H12N4. The van der Waals surface area contributed by atoms with Gasteiger partial charge >= 0.3 is 0 Å². The summed E-state index contributed by atoms with van der Waals surface area (Å²) in [5, 5.41) is 8.73. The minimum absolute atomic E-state index is 0.563. The van der Waals surface area contributed by atoms with Crippen molar-refractivity contribution in [2.75, 3.05) is 18.0 Å². The Morgan fingerprint density at radius 2 is 2.14 bits per heavy atom. The molecule has 4 heteroatoms. The lowest BCUT2D eigenvalue weighted by Crippen LogP contribution is -2.20. The molecule has 0 unspecified atom stereocenters. The predicted octanol–water partition coefficient (Wildman–Crippen LogP) is 1.26. The van der Waals surface area contributed by atoms with Crippen molar-refractivity contribution in [2.24, 2.45) is 0 Å². The van der Waals surface area contributed by atoms with E-state index in [0.717, 1.165) is 24.7 Å². The minimum Gasteiger partial charge on any atom is -0.341 e. The zero-order chi connectivity index (χ0) is 9.97. The number of hydrogen-bond donors (Lipinski definition) is 0. The van der Waals surface area contributed by atoms with E-state index in [1.54, 1.807) is 6.20 Å². The molecule has 0 aliphatic carbocycles. The summed E-state index contributed by atoms with van der Waals surface area (Å²) in [6.07, 6.45) is 4.03. The maximum Gasteiger partial charge on any atom is 0.225 e. The van der Waals surface area contributed by atoms with Crippen LogP contribution in [0.5, 0.6) is 0 Å². The van der Waals surface area contributed by atoms with E-state index in [-0.39, 0.29) is 0 Å². The molecule has 0 N–H and O–H groups in total. The molecule has 72 valence electrons. The smallest absolute Gasteiger partial charge is 0.225 e. The predicted molar refractivity (Wildman–Crippen MR) is 52.9 cm³/mol. The first-order valence-corrected chi connectivity index (χ1v) is 4.80. The van der Waals surface area contributed by atoms with Gasteiger partial charge in [0.05, 0.1) is 17.5 Å². The minimum atomic E-state index is 0.563. The summed E-state index contributed by atoms with van der Waals surface area (Å²) in [4.78, 5) is 10.7. The van der Waals surface area contributed by atoms with Crippen molar-refractivity contribution in [1.82, 2.24) is 9.97 Å². The molecule has 0 amide bonds. The number of aromatic nitrogens is 2. The van der Waals surface area contributed by atoms with Crippen LogP contribution in [0, 0.1) is 18.3 Å². The van der Waals surface area contributed by atoms with Crippen LogP contribution < -0.4 is 4.90 Å². The molecule has 0 radical (unpaired) electrons. The Balaban J connectivity index is 2.28. The summed E-state index contributed by atoms with van der Waals surface area (Å²) in [5.41, 5.74) is 1.33. The molecule has 2 heterocycles. The molecule has 0 atom stereocenters. The van der Waals surface area contributed by atoms with Crippen molar-refractivity contribution in [1.29, 1.82) is 5.26 Å². The van der Waals surface area contributed by atoms with Crippen LogP contribution in [0.15, 0.2) is 6.20 Å². The SMILES string of the molecule is Cc1nc(N2CCCC2)ncc1C#N. The van der Waals surface area contributed by atoms with E-state index in [1.165, 1.54) is 12.8 Å². The van der Waals surface area contributed by atoms with Gasteiger partial charge in [-0.1, -0.05) is 0 Å². The first kappa shape index (κ1) is 8.95. The molecule has 1 aliphatic rings. The number of aryl methyl sites for hydroxylation is 1. The average Bonchev–Trinajstić information content (AvgIpc) is 2.70. The van der Waals surface area contributed by atoms with Gasteiger partial charge in [-0.3, -0.25) is 0 Å². The molecule has 1 saturated heterocycles. The third-order valence-corrected chi connectivity index (χ3v) is 2.48. The normalized spacial score (nSPS) is 15.6. The Morgan fingerprint density at radius 3 is 2.71 bits per heavy atom. The maximum atomic E-state index is 8.73. The second-order valence-electron chi connectivity index (χ2n) is 3.48. The summed E-state index contributed by atoms with van der Waals surface area (Å²) in [6, 6.07) is 2.07. The van der Waals surface area contributed by atoms with E-state index in [4.69, 9.17) is 5.26 Å². The van der Waals surface area contributed by atoms with E-state index < -0.39 is 0 Å². The van der Waals surface area contributed by atoms with Crippen molar-refractivity contribution in [3.63, 3.8) is 0 Å². The zero-order valence-corrected chi connectivity index (χ0v) is 8.19. The number of anilines is 1. The van der Waals surface area contributed by atoms with Crippen molar-refractivity contribution >= 4 is 5.95 Å². The van der Waals surface area contributed by atoms with Crippen molar-refractivity contribution in [3.05, 3.63) is 17.5 Å². The Morgan fingerprint density at radius 1 is 1.43 bits per heavy atom. The van der Waals surface area contributed by atoms with Crippen LogP contribution in [0.25, 0.3) is 0 Å². The van der Waals surface area contributed by atoms with E-state index in [1.807, 2.05) is 6.92 Å². The van der Waals surface area contributed by atoms with E-state index in [9.17, 15) is 0 Å². The van der Waals surface area contributed by atoms with Gasteiger partial charge in [-0.25, -0.2) is 9.97 Å². The second kappa shape index (κ2) is 3.62. The summed E-state index contributed by atoms with van der Waals surface area (Å²) >= 11 is 0. The molecule has 2 rings (SSSR count). The van der Waals surface area contributed by atoms with Gasteiger partial charge in [0.2, 0.25) is 5.95 Å². The molecule has 1 fully saturated rings. The highest BCUT2D eigenvalue weighted by Gasteiger charge is 2.15. The average molecular weight is 188 g/mol. The number of nitriles is 1. The van der Waals surface area contributed by atoms with Crippen LogP contribution in [-0.2, 0) is 0 Å². The van der Waals surface area contributed by atoms with Gasteiger partial charge in [-0.05, 0) is 19.8 Å². The molecule has 1 aromatic rings. The van der Waals surface area contributed by atoms with E-state index in [0.29, 0.717) is 5.56 Å². The second-order valence-corrected chi connectivity index (χ2v) is 3.48. The van der Waals surface area contributed by atoms with Gasteiger partial charge in [-0.2, -0.15) is 5.26 Å². The highest BCUT2D eigenvalue weighted by molar-refractivity contribution is 5.38. The number of hydrogen-bond acceptors (Lipinski definition) is 4. The van der Waals surface area contributed by atoms with Crippen LogP contribution in [0.4, 0.5) is 5.95 Å². The molecule has 4 nitrogen and oxygen atoms in total. The maximum absolute atomic E-state index is 8.73. The van der Waals surface area contributed by atoms with Crippen molar-refractivity contribution in [2.45, 2.75) is 19.8 Å². The standard InChI is InChI=1S/C10H12N4/c1-8-9(6-11)7-12-10(13-8)14-4-2-3-5-14/h7H,2-5H2,1H3. The van der Waals surface area contributed by atoms with Gasteiger partial charge in [0, 0.05) is 13.1 Å². The lowest BCUT2D eigenvalue weighted by atomic mass is 10.3. The first-order chi connectivity index (χ1) is 6.81. The van der Waals surface area contributed by atoms with Crippen LogP contribution in [0.2, 0.25) is 0 Å². The molecule has 0 bridgehead atoms. The van der Waals surface area contributed by atoms with Crippen LogP contribution in [0.3, 0.4) is 0 Å². The van der Waals surface area contributed by atoms with E-state index in [2.05, 4.69) is 20.9 Å². The quantitative estimate of drug-likeness (QED) is 0.665. The van der Waals surface area contributed by atoms with Gasteiger partial charge in [0.25, 0.3) is 0 Å². The molecule has 0 spiro atoms. The molecule has 14 heavy (non-hydrogen) atoms. The highest BCUT2D eigenvalue weighted by Crippen LogP contribution is 2.16. The summed E-state index contributed by atoms with van der Waals surface area (Å²) < 4.78 is 0. The molecule has 1 aromatic heterocycles. The largest absolute Gasteiger partial charge is 0.341 e. The van der Waals surface area contributed by atoms with Gasteiger partial charge in [0.1, 0.15) is 6.07 Å². The van der Waals surface area contributed by atoms with Crippen LogP contribution >= 0.6 is 0 Å². The summed E-state index contributed by atoms with van der Waals surface area (Å²) in [5.74, 6) is 0.763. The summed E-state index contributed by atoms with van der Waals surface area (Å²) in [7, 11) is 0. The highest BCUT2D eigenvalue weighted by atomic mass is 15.3. The molecular weight excluding hydrogens is 176 g/mol. The fraction of sp³-hybridized carbons (Fsp3) is 0.500. The fourth-order valence-corrected chi connectivity index (χ4v) is 1.63. The van der Waals surface area contributed by atoms with Gasteiger partial charge in [0.15, 0.2) is 0 Å². The Bertz CT molecular complexity index is 374. The third kappa shape index (κ3) is 1.53.